The molecule has 2 rings (SSSR count). The molecule has 1 saturated heterocycles. The van der Waals surface area contributed by atoms with Crippen LogP contribution >= 0.6 is 0 Å². The zero-order valence-electron chi connectivity index (χ0n) is 10.5. The SMILES string of the molecule is CC1(C(=O)O)CCN(C(=O)NC2CCC(F)C2)C1. The normalized spacial score (nSPS) is 35.8. The van der Waals surface area contributed by atoms with Crippen molar-refractivity contribution in [3.05, 3.63) is 0 Å². The summed E-state index contributed by atoms with van der Waals surface area (Å²) in [5.74, 6) is -0.873. The number of halogens is 1. The van der Waals surface area contributed by atoms with Gasteiger partial charge in [0.1, 0.15) is 6.17 Å². The summed E-state index contributed by atoms with van der Waals surface area (Å²) < 4.78 is 13.0. The molecule has 6 heteroatoms. The molecule has 1 aliphatic carbocycles. The highest BCUT2D eigenvalue weighted by Crippen LogP contribution is 2.30. The number of nitrogens with zero attached hydrogens (tertiary/aromatic N) is 1. The van der Waals surface area contributed by atoms with Crippen molar-refractivity contribution in [2.45, 2.75) is 44.8 Å². The van der Waals surface area contributed by atoms with Crippen molar-refractivity contribution in [3.63, 3.8) is 0 Å². The molecule has 5 nitrogen and oxygen atoms in total. The number of urea groups is 1. The Kier molecular flexibility index (Phi) is 3.45. The number of carboxylic acids is 1. The lowest BCUT2D eigenvalue weighted by atomic mass is 9.90. The minimum atomic E-state index is -0.873. The van der Waals surface area contributed by atoms with Gasteiger partial charge in [0.25, 0.3) is 0 Å². The first kappa shape index (κ1) is 13.1. The Morgan fingerprint density at radius 1 is 1.44 bits per heavy atom. The van der Waals surface area contributed by atoms with E-state index in [-0.39, 0.29) is 18.6 Å². The van der Waals surface area contributed by atoms with Gasteiger partial charge >= 0.3 is 12.0 Å². The fraction of sp³-hybridized carbons (Fsp3) is 0.833. The van der Waals surface area contributed by atoms with E-state index in [1.807, 2.05) is 0 Å². The van der Waals surface area contributed by atoms with E-state index in [2.05, 4.69) is 5.32 Å². The van der Waals surface area contributed by atoms with Crippen molar-refractivity contribution in [2.24, 2.45) is 5.41 Å². The Morgan fingerprint density at radius 3 is 2.67 bits per heavy atom. The molecule has 2 amide bonds. The third-order valence-corrected chi connectivity index (χ3v) is 3.97. The first-order valence-corrected chi connectivity index (χ1v) is 6.33. The summed E-state index contributed by atoms with van der Waals surface area (Å²) >= 11 is 0. The zero-order chi connectivity index (χ0) is 13.3. The fourth-order valence-electron chi connectivity index (χ4n) is 2.63. The van der Waals surface area contributed by atoms with Crippen molar-refractivity contribution in [2.75, 3.05) is 13.1 Å². The summed E-state index contributed by atoms with van der Waals surface area (Å²) in [6, 6.07) is -0.372. The highest BCUT2D eigenvalue weighted by atomic mass is 19.1. The second-order valence-corrected chi connectivity index (χ2v) is 5.59. The number of carboxylic acid groups (broad SMARTS) is 1. The van der Waals surface area contributed by atoms with Crippen LogP contribution in [0.5, 0.6) is 0 Å². The predicted octanol–water partition coefficient (Wildman–Crippen LogP) is 1.38. The minimum Gasteiger partial charge on any atom is -0.481 e. The van der Waals surface area contributed by atoms with E-state index in [0.717, 1.165) is 0 Å². The first-order valence-electron chi connectivity index (χ1n) is 6.33. The van der Waals surface area contributed by atoms with Crippen LogP contribution in [0.4, 0.5) is 9.18 Å². The second-order valence-electron chi connectivity index (χ2n) is 5.59. The standard InChI is InChI=1S/C12H19FN2O3/c1-12(10(16)17)4-5-15(7-12)11(18)14-9-3-2-8(13)6-9/h8-9H,2-7H2,1H3,(H,14,18)(H,16,17). The molecule has 2 fully saturated rings. The Labute approximate surface area is 105 Å². The van der Waals surface area contributed by atoms with Crippen molar-refractivity contribution in [1.29, 1.82) is 0 Å². The smallest absolute Gasteiger partial charge is 0.317 e. The molecule has 0 aromatic heterocycles. The van der Waals surface area contributed by atoms with Crippen molar-refractivity contribution in [1.82, 2.24) is 10.2 Å². The maximum Gasteiger partial charge on any atom is 0.317 e. The van der Waals surface area contributed by atoms with Gasteiger partial charge in [0, 0.05) is 19.1 Å². The van der Waals surface area contributed by atoms with Crippen LogP contribution < -0.4 is 5.32 Å². The number of rotatable bonds is 2. The average molecular weight is 258 g/mol. The van der Waals surface area contributed by atoms with E-state index in [1.165, 1.54) is 4.90 Å². The maximum atomic E-state index is 13.0. The van der Waals surface area contributed by atoms with Crippen LogP contribution in [-0.2, 0) is 4.79 Å². The minimum absolute atomic E-state index is 0.107. The van der Waals surface area contributed by atoms with Crippen molar-refractivity contribution in [3.8, 4) is 0 Å². The van der Waals surface area contributed by atoms with Gasteiger partial charge in [0.05, 0.1) is 5.41 Å². The summed E-state index contributed by atoms with van der Waals surface area (Å²) in [5.41, 5.74) is -0.852. The molecule has 0 radical (unpaired) electrons. The number of aliphatic carboxylic acids is 1. The number of amides is 2. The monoisotopic (exact) mass is 258 g/mol. The summed E-state index contributed by atoms with van der Waals surface area (Å²) in [6.45, 7) is 2.32. The van der Waals surface area contributed by atoms with Gasteiger partial charge in [0.15, 0.2) is 0 Å². The molecule has 1 aliphatic heterocycles. The second kappa shape index (κ2) is 4.74. The summed E-state index contributed by atoms with van der Waals surface area (Å²) in [7, 11) is 0. The highest BCUT2D eigenvalue weighted by molar-refractivity contribution is 5.79. The van der Waals surface area contributed by atoms with E-state index in [1.54, 1.807) is 6.92 Å². The summed E-state index contributed by atoms with van der Waals surface area (Å²) in [4.78, 5) is 24.5. The zero-order valence-corrected chi connectivity index (χ0v) is 10.5. The molecule has 0 spiro atoms. The summed E-state index contributed by atoms with van der Waals surface area (Å²) in [5, 5.41) is 11.9. The van der Waals surface area contributed by atoms with Crippen LogP contribution in [0.25, 0.3) is 0 Å². The van der Waals surface area contributed by atoms with E-state index in [0.29, 0.717) is 32.2 Å². The molecular formula is C12H19FN2O3. The Bertz CT molecular complexity index is 363. The topological polar surface area (TPSA) is 69.6 Å². The number of carbonyl (C=O) groups excluding carboxylic acids is 1. The number of hydrogen-bond acceptors (Lipinski definition) is 2. The Balaban J connectivity index is 1.86. The molecule has 0 aromatic carbocycles. The van der Waals surface area contributed by atoms with E-state index >= 15 is 0 Å². The number of nitrogens with one attached hydrogen (secondary N) is 1. The van der Waals surface area contributed by atoms with Gasteiger partial charge in [0.2, 0.25) is 0 Å². The third kappa shape index (κ3) is 2.57. The van der Waals surface area contributed by atoms with Gasteiger partial charge in [-0.25, -0.2) is 9.18 Å². The van der Waals surface area contributed by atoms with E-state index < -0.39 is 17.6 Å². The van der Waals surface area contributed by atoms with Crippen LogP contribution in [0.1, 0.15) is 32.6 Å². The molecule has 1 saturated carbocycles. The molecule has 0 bridgehead atoms. The average Bonchev–Trinajstić information content (AvgIpc) is 2.86. The highest BCUT2D eigenvalue weighted by Gasteiger charge is 2.42. The number of alkyl halides is 1. The van der Waals surface area contributed by atoms with Crippen LogP contribution in [0.3, 0.4) is 0 Å². The number of carbonyl (C=O) groups is 2. The molecule has 1 heterocycles. The van der Waals surface area contributed by atoms with Crippen LogP contribution in [0.15, 0.2) is 0 Å². The summed E-state index contributed by atoms with van der Waals surface area (Å²) in [6.07, 6.45) is 1.18. The quantitative estimate of drug-likeness (QED) is 0.786. The molecule has 2 aliphatic rings. The van der Waals surface area contributed by atoms with E-state index in [9.17, 15) is 14.0 Å². The van der Waals surface area contributed by atoms with Crippen LogP contribution in [0, 0.1) is 5.41 Å². The molecule has 18 heavy (non-hydrogen) atoms. The first-order chi connectivity index (χ1) is 8.40. The lowest BCUT2D eigenvalue weighted by Gasteiger charge is -2.22. The van der Waals surface area contributed by atoms with Gasteiger partial charge in [-0.15, -0.1) is 0 Å². The van der Waals surface area contributed by atoms with Crippen molar-refractivity contribution < 1.29 is 19.1 Å². The predicted molar refractivity (Wildman–Crippen MR) is 63.0 cm³/mol. The van der Waals surface area contributed by atoms with E-state index in [4.69, 9.17) is 5.11 Å². The Morgan fingerprint density at radius 2 is 2.17 bits per heavy atom. The lowest BCUT2D eigenvalue weighted by molar-refractivity contribution is -0.146. The van der Waals surface area contributed by atoms with Gasteiger partial charge in [-0.3, -0.25) is 4.79 Å². The molecular weight excluding hydrogens is 239 g/mol. The fourth-order valence-corrected chi connectivity index (χ4v) is 2.63. The van der Waals surface area contributed by atoms with Crippen LogP contribution in [0.2, 0.25) is 0 Å². The van der Waals surface area contributed by atoms with Gasteiger partial charge in [-0.05, 0) is 32.6 Å². The molecule has 2 N–H and O–H groups in total. The molecule has 3 unspecified atom stereocenters. The number of hydrogen-bond donors (Lipinski definition) is 2. The van der Waals surface area contributed by atoms with Gasteiger partial charge in [-0.2, -0.15) is 0 Å². The lowest BCUT2D eigenvalue weighted by Crippen LogP contribution is -2.44. The van der Waals surface area contributed by atoms with Crippen LogP contribution in [-0.4, -0.2) is 47.3 Å². The Hall–Kier alpha value is -1.33. The number of likely N-dealkylation sites (tertiary alicyclic amines) is 1. The van der Waals surface area contributed by atoms with Gasteiger partial charge < -0.3 is 15.3 Å². The maximum absolute atomic E-state index is 13.0. The van der Waals surface area contributed by atoms with Gasteiger partial charge in [-0.1, -0.05) is 0 Å². The largest absolute Gasteiger partial charge is 0.481 e. The molecule has 0 aromatic rings. The van der Waals surface area contributed by atoms with Crippen molar-refractivity contribution >= 4 is 12.0 Å². The third-order valence-electron chi connectivity index (χ3n) is 3.97. The molecule has 102 valence electrons. The molecule has 3 atom stereocenters.